The summed E-state index contributed by atoms with van der Waals surface area (Å²) in [4.78, 5) is 17.5. The molecule has 0 bridgehead atoms. The first-order chi connectivity index (χ1) is 10.0. The maximum Gasteiger partial charge on any atom is 0.323 e. The Morgan fingerprint density at radius 3 is 2.38 bits per heavy atom. The van der Waals surface area contributed by atoms with Crippen molar-refractivity contribution in [2.24, 2.45) is 0 Å². The second kappa shape index (κ2) is 8.61. The van der Waals surface area contributed by atoms with Crippen LogP contribution >= 0.6 is 0 Å². The quantitative estimate of drug-likeness (QED) is 0.740. The molecule has 0 fully saturated rings. The molecule has 0 saturated heterocycles. The molecule has 0 aliphatic carbocycles. The van der Waals surface area contributed by atoms with E-state index >= 15 is 0 Å². The van der Waals surface area contributed by atoms with Crippen LogP contribution in [0.25, 0.3) is 0 Å². The van der Waals surface area contributed by atoms with Crippen LogP contribution in [0.3, 0.4) is 0 Å². The van der Waals surface area contributed by atoms with Crippen LogP contribution in [-0.2, 0) is 0 Å². The third-order valence-electron chi connectivity index (χ3n) is 2.97. The van der Waals surface area contributed by atoms with Gasteiger partial charge in [-0.3, -0.25) is 0 Å². The number of aromatic nitrogens is 3. The van der Waals surface area contributed by atoms with Gasteiger partial charge < -0.3 is 19.9 Å². The highest BCUT2D eigenvalue weighted by molar-refractivity contribution is 5.39. The Kier molecular flexibility index (Phi) is 7.14. The van der Waals surface area contributed by atoms with E-state index in [1.165, 1.54) is 0 Å². The smallest absolute Gasteiger partial charge is 0.323 e. The van der Waals surface area contributed by atoms with Gasteiger partial charge in [-0.25, -0.2) is 0 Å². The van der Waals surface area contributed by atoms with Crippen LogP contribution in [0.4, 0.5) is 11.9 Å². The van der Waals surface area contributed by atoms with Gasteiger partial charge in [-0.15, -0.1) is 0 Å². The Hall–Kier alpha value is -1.63. The SMILES string of the molecule is CCNc1nc(OCC)nc(N(CC)C(C)CN(C)C)n1. The molecule has 1 aromatic rings. The summed E-state index contributed by atoms with van der Waals surface area (Å²) in [5.74, 6) is 1.21. The standard InChI is InChI=1S/C14H28N6O/c1-7-15-12-16-13(18-14(17-12)21-9-3)20(8-2)11(4)10-19(5)6/h11H,7-10H2,1-6H3,(H,15,16,17,18). The largest absolute Gasteiger partial charge is 0.464 e. The summed E-state index contributed by atoms with van der Waals surface area (Å²) < 4.78 is 5.45. The van der Waals surface area contributed by atoms with Crippen molar-refractivity contribution in [3.8, 4) is 6.01 Å². The number of anilines is 2. The van der Waals surface area contributed by atoms with Crippen molar-refractivity contribution in [2.45, 2.75) is 33.7 Å². The minimum absolute atomic E-state index is 0.302. The monoisotopic (exact) mass is 296 g/mol. The van der Waals surface area contributed by atoms with Crippen LogP contribution in [0.5, 0.6) is 6.01 Å². The van der Waals surface area contributed by atoms with Crippen LogP contribution in [0, 0.1) is 0 Å². The molecule has 0 aliphatic rings. The van der Waals surface area contributed by atoms with Gasteiger partial charge in [0.1, 0.15) is 0 Å². The van der Waals surface area contributed by atoms with Crippen molar-refractivity contribution < 1.29 is 4.74 Å². The molecule has 120 valence electrons. The molecular formula is C14H28N6O. The Labute approximate surface area is 127 Å². The van der Waals surface area contributed by atoms with Crippen molar-refractivity contribution in [1.29, 1.82) is 0 Å². The number of hydrogen-bond acceptors (Lipinski definition) is 7. The second-order valence-corrected chi connectivity index (χ2v) is 5.10. The van der Waals surface area contributed by atoms with Gasteiger partial charge in [-0.1, -0.05) is 0 Å². The molecular weight excluding hydrogens is 268 g/mol. The van der Waals surface area contributed by atoms with Gasteiger partial charge in [-0.05, 0) is 41.8 Å². The highest BCUT2D eigenvalue weighted by Gasteiger charge is 2.18. The number of likely N-dealkylation sites (N-methyl/N-ethyl adjacent to an activating group) is 2. The molecule has 0 saturated carbocycles. The predicted octanol–water partition coefficient (Wildman–Crippen LogP) is 1.48. The third kappa shape index (κ3) is 5.34. The summed E-state index contributed by atoms with van der Waals surface area (Å²) in [6.45, 7) is 11.3. The van der Waals surface area contributed by atoms with Crippen LogP contribution in [0.2, 0.25) is 0 Å². The topological polar surface area (TPSA) is 66.4 Å². The van der Waals surface area contributed by atoms with E-state index in [1.54, 1.807) is 0 Å². The molecule has 0 radical (unpaired) electrons. The average molecular weight is 296 g/mol. The predicted molar refractivity (Wildman–Crippen MR) is 86.2 cm³/mol. The van der Waals surface area contributed by atoms with Crippen molar-refractivity contribution in [3.05, 3.63) is 0 Å². The lowest BCUT2D eigenvalue weighted by Crippen LogP contribution is -2.41. The molecule has 0 spiro atoms. The molecule has 21 heavy (non-hydrogen) atoms. The zero-order valence-corrected chi connectivity index (χ0v) is 14.1. The highest BCUT2D eigenvalue weighted by Crippen LogP contribution is 2.17. The molecule has 1 heterocycles. The zero-order valence-electron chi connectivity index (χ0n) is 14.1. The van der Waals surface area contributed by atoms with Crippen LogP contribution in [-0.4, -0.2) is 66.2 Å². The molecule has 1 unspecified atom stereocenters. The number of nitrogens with zero attached hydrogens (tertiary/aromatic N) is 5. The fourth-order valence-corrected chi connectivity index (χ4v) is 2.18. The first kappa shape index (κ1) is 17.4. The van der Waals surface area contributed by atoms with Crippen molar-refractivity contribution >= 4 is 11.9 Å². The van der Waals surface area contributed by atoms with Gasteiger partial charge in [0.25, 0.3) is 0 Å². The number of hydrogen-bond donors (Lipinski definition) is 1. The first-order valence-electron chi connectivity index (χ1n) is 7.55. The molecule has 0 aromatic carbocycles. The summed E-state index contributed by atoms with van der Waals surface area (Å²) >= 11 is 0. The van der Waals surface area contributed by atoms with Crippen molar-refractivity contribution in [3.63, 3.8) is 0 Å². The van der Waals surface area contributed by atoms with Crippen molar-refractivity contribution in [1.82, 2.24) is 19.9 Å². The Morgan fingerprint density at radius 1 is 1.14 bits per heavy atom. The van der Waals surface area contributed by atoms with Gasteiger partial charge in [0.15, 0.2) is 0 Å². The Morgan fingerprint density at radius 2 is 1.86 bits per heavy atom. The van der Waals surface area contributed by atoms with Gasteiger partial charge in [0.05, 0.1) is 6.61 Å². The molecule has 1 aromatic heterocycles. The summed E-state index contributed by atoms with van der Waals surface area (Å²) in [6, 6.07) is 0.672. The van der Waals surface area contributed by atoms with Crippen molar-refractivity contribution in [2.75, 3.05) is 50.6 Å². The fourth-order valence-electron chi connectivity index (χ4n) is 2.18. The van der Waals surface area contributed by atoms with E-state index in [-0.39, 0.29) is 0 Å². The van der Waals surface area contributed by atoms with Gasteiger partial charge in [-0.2, -0.15) is 15.0 Å². The van der Waals surface area contributed by atoms with E-state index in [2.05, 4.69) is 58.0 Å². The van der Waals surface area contributed by atoms with Gasteiger partial charge in [0, 0.05) is 25.7 Å². The third-order valence-corrected chi connectivity index (χ3v) is 2.97. The van der Waals surface area contributed by atoms with E-state index in [9.17, 15) is 0 Å². The number of rotatable bonds is 9. The lowest BCUT2D eigenvalue weighted by Gasteiger charge is -2.30. The Bertz CT molecular complexity index is 402. The normalized spacial score (nSPS) is 12.3. The van der Waals surface area contributed by atoms with Gasteiger partial charge >= 0.3 is 6.01 Å². The van der Waals surface area contributed by atoms with Gasteiger partial charge in [0.2, 0.25) is 11.9 Å². The van der Waals surface area contributed by atoms with Crippen LogP contribution in [0.1, 0.15) is 27.7 Å². The second-order valence-electron chi connectivity index (χ2n) is 5.10. The van der Waals surface area contributed by atoms with Crippen LogP contribution < -0.4 is 15.0 Å². The van der Waals surface area contributed by atoms with E-state index in [0.717, 1.165) is 19.6 Å². The molecule has 1 atom stereocenters. The molecule has 1 N–H and O–H groups in total. The maximum atomic E-state index is 5.45. The summed E-state index contributed by atoms with van der Waals surface area (Å²) in [5.41, 5.74) is 0. The number of nitrogens with one attached hydrogen (secondary N) is 1. The number of ether oxygens (including phenoxy) is 1. The average Bonchev–Trinajstić information content (AvgIpc) is 2.39. The van der Waals surface area contributed by atoms with E-state index in [4.69, 9.17) is 4.74 Å². The van der Waals surface area contributed by atoms with Crippen LogP contribution in [0.15, 0.2) is 0 Å². The minimum atomic E-state index is 0.302. The first-order valence-corrected chi connectivity index (χ1v) is 7.55. The lowest BCUT2D eigenvalue weighted by molar-refractivity contribution is 0.311. The molecule has 0 amide bonds. The lowest BCUT2D eigenvalue weighted by atomic mass is 10.3. The summed E-state index contributed by atoms with van der Waals surface area (Å²) in [5, 5.41) is 3.13. The van der Waals surface area contributed by atoms with E-state index in [0.29, 0.717) is 30.6 Å². The molecule has 7 heteroatoms. The maximum absolute atomic E-state index is 5.45. The molecule has 7 nitrogen and oxygen atoms in total. The summed E-state index contributed by atoms with van der Waals surface area (Å²) in [7, 11) is 4.13. The minimum Gasteiger partial charge on any atom is -0.464 e. The summed E-state index contributed by atoms with van der Waals surface area (Å²) in [6.07, 6.45) is 0. The fraction of sp³-hybridized carbons (Fsp3) is 0.786. The molecule has 0 aliphatic heterocycles. The van der Waals surface area contributed by atoms with E-state index in [1.807, 2.05) is 13.8 Å². The Balaban J connectivity index is 3.05. The highest BCUT2D eigenvalue weighted by atomic mass is 16.5. The zero-order chi connectivity index (χ0) is 15.8. The van der Waals surface area contributed by atoms with E-state index < -0.39 is 0 Å². The molecule has 1 rings (SSSR count).